The molecule has 0 aliphatic carbocycles. The van der Waals surface area contributed by atoms with Crippen molar-refractivity contribution in [2.24, 2.45) is 0 Å². The van der Waals surface area contributed by atoms with E-state index in [2.05, 4.69) is 4.98 Å². The van der Waals surface area contributed by atoms with E-state index in [1.54, 1.807) is 67.8 Å². The lowest BCUT2D eigenvalue weighted by molar-refractivity contribution is -0.132. The number of Topliss-reactive ketones (excluding diaryl/α,β-unsaturated/α-hetero) is 1. The van der Waals surface area contributed by atoms with E-state index in [4.69, 9.17) is 21.1 Å². The fourth-order valence-corrected chi connectivity index (χ4v) is 5.27. The van der Waals surface area contributed by atoms with Crippen molar-refractivity contribution >= 4 is 55.7 Å². The Labute approximate surface area is 209 Å². The Morgan fingerprint density at radius 1 is 1.00 bits per heavy atom. The maximum atomic E-state index is 13.3. The minimum Gasteiger partial charge on any atom is -0.507 e. The molecular weight excluding hydrogens is 488 g/mol. The number of ketones is 1. The van der Waals surface area contributed by atoms with Crippen LogP contribution in [-0.2, 0) is 9.59 Å². The number of aromatic nitrogens is 1. The summed E-state index contributed by atoms with van der Waals surface area (Å²) in [6, 6.07) is 17.9. The van der Waals surface area contributed by atoms with Crippen LogP contribution in [0.5, 0.6) is 11.5 Å². The van der Waals surface area contributed by atoms with Gasteiger partial charge in [0.2, 0.25) is 0 Å². The number of methoxy groups -OCH3 is 2. The normalized spacial score (nSPS) is 17.2. The van der Waals surface area contributed by atoms with Gasteiger partial charge in [-0.05, 0) is 60.2 Å². The van der Waals surface area contributed by atoms with Gasteiger partial charge in [-0.25, -0.2) is 4.98 Å². The summed E-state index contributed by atoms with van der Waals surface area (Å²) in [5.74, 6) is -0.628. The number of hydrogen-bond donors (Lipinski definition) is 1. The van der Waals surface area contributed by atoms with Crippen molar-refractivity contribution in [3.63, 3.8) is 0 Å². The Morgan fingerprint density at radius 3 is 2.40 bits per heavy atom. The monoisotopic (exact) mass is 506 g/mol. The zero-order valence-electron chi connectivity index (χ0n) is 18.7. The third-order valence-corrected chi connectivity index (χ3v) is 7.02. The van der Waals surface area contributed by atoms with Crippen molar-refractivity contribution in [3.8, 4) is 11.5 Å². The molecule has 176 valence electrons. The Balaban J connectivity index is 1.70. The highest BCUT2D eigenvalue weighted by Crippen LogP contribution is 2.45. The van der Waals surface area contributed by atoms with Crippen LogP contribution in [0.25, 0.3) is 16.0 Å². The molecule has 1 fully saturated rings. The summed E-state index contributed by atoms with van der Waals surface area (Å²) < 4.78 is 11.3. The second kappa shape index (κ2) is 9.05. The number of amides is 1. The number of halogens is 1. The predicted molar refractivity (Wildman–Crippen MR) is 135 cm³/mol. The first kappa shape index (κ1) is 22.9. The Hall–Kier alpha value is -3.88. The molecular formula is C26H19ClN2O5S. The smallest absolute Gasteiger partial charge is 0.301 e. The van der Waals surface area contributed by atoms with Crippen LogP contribution in [0, 0.1) is 0 Å². The number of ether oxygens (including phenoxy) is 2. The van der Waals surface area contributed by atoms with Crippen LogP contribution in [0.15, 0.2) is 72.3 Å². The minimum absolute atomic E-state index is 0.0423. The van der Waals surface area contributed by atoms with Crippen molar-refractivity contribution in [2.45, 2.75) is 6.04 Å². The van der Waals surface area contributed by atoms with Crippen LogP contribution in [-0.4, -0.2) is 36.0 Å². The highest BCUT2D eigenvalue weighted by atomic mass is 35.5. The number of anilines is 1. The number of nitrogens with zero attached hydrogens (tertiary/aromatic N) is 2. The first-order chi connectivity index (χ1) is 16.9. The molecule has 0 saturated carbocycles. The van der Waals surface area contributed by atoms with Gasteiger partial charge in [0.15, 0.2) is 5.13 Å². The van der Waals surface area contributed by atoms with Crippen molar-refractivity contribution in [3.05, 3.63) is 88.5 Å². The number of rotatable bonds is 5. The highest BCUT2D eigenvalue weighted by molar-refractivity contribution is 7.22. The second-order valence-electron chi connectivity index (χ2n) is 7.78. The molecule has 3 aromatic carbocycles. The Morgan fingerprint density at radius 2 is 1.71 bits per heavy atom. The van der Waals surface area contributed by atoms with Gasteiger partial charge in [-0.2, -0.15) is 0 Å². The zero-order valence-corrected chi connectivity index (χ0v) is 20.3. The van der Waals surface area contributed by atoms with E-state index in [0.717, 1.165) is 4.70 Å². The molecule has 35 heavy (non-hydrogen) atoms. The third kappa shape index (κ3) is 4.00. The minimum atomic E-state index is -0.918. The van der Waals surface area contributed by atoms with Gasteiger partial charge >= 0.3 is 5.91 Å². The first-order valence-corrected chi connectivity index (χ1v) is 11.8. The Kier molecular flexibility index (Phi) is 5.92. The van der Waals surface area contributed by atoms with E-state index >= 15 is 0 Å². The van der Waals surface area contributed by atoms with E-state index in [0.29, 0.717) is 38.3 Å². The summed E-state index contributed by atoms with van der Waals surface area (Å²) in [6.45, 7) is 0. The van der Waals surface area contributed by atoms with Crippen LogP contribution in [0.1, 0.15) is 17.2 Å². The van der Waals surface area contributed by atoms with Gasteiger partial charge in [-0.1, -0.05) is 35.1 Å². The number of fused-ring (bicyclic) bond motifs is 1. The van der Waals surface area contributed by atoms with Crippen molar-refractivity contribution in [1.29, 1.82) is 0 Å². The van der Waals surface area contributed by atoms with Gasteiger partial charge in [0.05, 0.1) is 36.1 Å². The SMILES string of the molecule is COc1ccc(C(O)=C2C(=O)C(=O)N(c3nc4ccc(OC)cc4s3)C2c2cccc(Cl)c2)cc1. The van der Waals surface area contributed by atoms with E-state index in [1.807, 2.05) is 6.07 Å². The maximum Gasteiger partial charge on any atom is 0.301 e. The van der Waals surface area contributed by atoms with Crippen LogP contribution in [0.3, 0.4) is 0 Å². The molecule has 1 saturated heterocycles. The fourth-order valence-electron chi connectivity index (χ4n) is 4.05. The summed E-state index contributed by atoms with van der Waals surface area (Å²) in [6.07, 6.45) is 0. The van der Waals surface area contributed by atoms with Gasteiger partial charge in [0, 0.05) is 10.6 Å². The van der Waals surface area contributed by atoms with E-state index < -0.39 is 17.7 Å². The lowest BCUT2D eigenvalue weighted by atomic mass is 9.95. The topological polar surface area (TPSA) is 89.0 Å². The number of thiazole rings is 1. The summed E-state index contributed by atoms with van der Waals surface area (Å²) in [7, 11) is 3.10. The lowest BCUT2D eigenvalue weighted by Crippen LogP contribution is -2.29. The number of carbonyl (C=O) groups excluding carboxylic acids is 2. The van der Waals surface area contributed by atoms with Gasteiger partial charge in [-0.15, -0.1) is 0 Å². The molecule has 1 amide bonds. The van der Waals surface area contributed by atoms with Gasteiger partial charge in [0.1, 0.15) is 17.3 Å². The number of benzene rings is 3. The van der Waals surface area contributed by atoms with Crippen LogP contribution in [0.2, 0.25) is 5.02 Å². The average Bonchev–Trinajstić information content (AvgIpc) is 3.41. The number of aliphatic hydroxyl groups is 1. The largest absolute Gasteiger partial charge is 0.507 e. The molecule has 0 bridgehead atoms. The summed E-state index contributed by atoms with van der Waals surface area (Å²) in [5, 5.41) is 12.0. The van der Waals surface area contributed by atoms with Crippen molar-refractivity contribution in [1.82, 2.24) is 4.98 Å². The molecule has 5 rings (SSSR count). The fraction of sp³-hybridized carbons (Fsp3) is 0.115. The molecule has 1 atom stereocenters. The summed E-state index contributed by atoms with van der Waals surface area (Å²) in [5.41, 5.74) is 1.57. The maximum absolute atomic E-state index is 13.3. The number of carbonyl (C=O) groups is 2. The van der Waals surface area contributed by atoms with E-state index in [1.165, 1.54) is 23.3 Å². The van der Waals surface area contributed by atoms with E-state index in [9.17, 15) is 14.7 Å². The van der Waals surface area contributed by atoms with Crippen molar-refractivity contribution in [2.75, 3.05) is 19.1 Å². The molecule has 1 aliphatic rings. The molecule has 7 nitrogen and oxygen atoms in total. The van der Waals surface area contributed by atoms with Crippen LogP contribution in [0.4, 0.5) is 5.13 Å². The quantitative estimate of drug-likeness (QED) is 0.215. The lowest BCUT2D eigenvalue weighted by Gasteiger charge is -2.23. The third-order valence-electron chi connectivity index (χ3n) is 5.76. The predicted octanol–water partition coefficient (Wildman–Crippen LogP) is 5.59. The molecule has 1 aliphatic heterocycles. The van der Waals surface area contributed by atoms with E-state index in [-0.39, 0.29) is 11.3 Å². The van der Waals surface area contributed by atoms with Gasteiger partial charge in [-0.3, -0.25) is 14.5 Å². The molecule has 1 aromatic heterocycles. The highest BCUT2D eigenvalue weighted by Gasteiger charge is 2.48. The zero-order chi connectivity index (χ0) is 24.7. The van der Waals surface area contributed by atoms with Crippen LogP contribution >= 0.6 is 22.9 Å². The summed E-state index contributed by atoms with van der Waals surface area (Å²) in [4.78, 5) is 32.6. The molecule has 1 N–H and O–H groups in total. The number of aliphatic hydroxyl groups excluding tert-OH is 1. The van der Waals surface area contributed by atoms with Gasteiger partial charge < -0.3 is 14.6 Å². The molecule has 0 spiro atoms. The Bertz CT molecular complexity index is 1500. The molecule has 9 heteroatoms. The summed E-state index contributed by atoms with van der Waals surface area (Å²) >= 11 is 7.51. The van der Waals surface area contributed by atoms with Gasteiger partial charge in [0.25, 0.3) is 5.78 Å². The standard InChI is InChI=1S/C26H19ClN2O5S/c1-33-17-8-6-14(7-9-17)23(30)21-22(15-4-3-5-16(27)12-15)29(25(32)24(21)31)26-28-19-11-10-18(34-2)13-20(19)35-26/h3-13,22,30H,1-2H3. The molecule has 0 radical (unpaired) electrons. The first-order valence-electron chi connectivity index (χ1n) is 10.6. The molecule has 4 aromatic rings. The van der Waals surface area contributed by atoms with Crippen molar-refractivity contribution < 1.29 is 24.2 Å². The second-order valence-corrected chi connectivity index (χ2v) is 9.23. The number of hydrogen-bond acceptors (Lipinski definition) is 7. The molecule has 1 unspecified atom stereocenters. The van der Waals surface area contributed by atoms with Crippen LogP contribution < -0.4 is 14.4 Å². The average molecular weight is 507 g/mol. The molecule has 2 heterocycles.